The summed E-state index contributed by atoms with van der Waals surface area (Å²) < 4.78 is 4.96. The first kappa shape index (κ1) is 16.5. The summed E-state index contributed by atoms with van der Waals surface area (Å²) in [5.74, 6) is 0.520. The van der Waals surface area contributed by atoms with Gasteiger partial charge in [0.25, 0.3) is 0 Å². The molecule has 0 spiro atoms. The van der Waals surface area contributed by atoms with Crippen LogP contribution in [0, 0.1) is 0 Å². The molecule has 3 heteroatoms. The average Bonchev–Trinajstić information content (AvgIpc) is 2.46. The molecular weight excluding hydrogens is 252 g/mol. The number of ketones is 1. The Morgan fingerprint density at radius 1 is 1.10 bits per heavy atom. The topological polar surface area (TPSA) is 46.5 Å². The Kier molecular flexibility index (Phi) is 7.78. The fourth-order valence-electron chi connectivity index (χ4n) is 2.25. The number of unbranched alkanes of at least 4 members (excludes halogenated alkanes) is 6. The van der Waals surface area contributed by atoms with Gasteiger partial charge in [0.1, 0.15) is 0 Å². The number of phenolic OH excluding ortho intramolecular Hbond substituents is 1. The summed E-state index contributed by atoms with van der Waals surface area (Å²) in [4.78, 5) is 12.0. The first-order valence-electron chi connectivity index (χ1n) is 7.59. The molecule has 0 aliphatic heterocycles. The van der Waals surface area contributed by atoms with E-state index in [9.17, 15) is 9.90 Å². The molecule has 0 aromatic heterocycles. The largest absolute Gasteiger partial charge is 0.504 e. The first-order chi connectivity index (χ1) is 9.69. The lowest BCUT2D eigenvalue weighted by Crippen LogP contribution is -1.99. The molecule has 112 valence electrons. The summed E-state index contributed by atoms with van der Waals surface area (Å²) >= 11 is 0. The Labute approximate surface area is 122 Å². The lowest BCUT2D eigenvalue weighted by Gasteiger charge is -2.06. The van der Waals surface area contributed by atoms with Crippen molar-refractivity contribution in [1.82, 2.24) is 0 Å². The molecule has 0 heterocycles. The summed E-state index contributed by atoms with van der Waals surface area (Å²) in [7, 11) is 1.50. The number of rotatable bonds is 10. The molecule has 0 aliphatic rings. The molecule has 1 rings (SSSR count). The fraction of sp³-hybridized carbons (Fsp3) is 0.588. The van der Waals surface area contributed by atoms with Gasteiger partial charge in [-0.25, -0.2) is 0 Å². The van der Waals surface area contributed by atoms with E-state index in [-0.39, 0.29) is 11.5 Å². The van der Waals surface area contributed by atoms with Gasteiger partial charge >= 0.3 is 0 Å². The number of hydrogen-bond acceptors (Lipinski definition) is 3. The Morgan fingerprint density at radius 2 is 1.75 bits per heavy atom. The van der Waals surface area contributed by atoms with Crippen molar-refractivity contribution >= 4 is 5.78 Å². The van der Waals surface area contributed by atoms with E-state index in [1.165, 1.54) is 45.3 Å². The highest BCUT2D eigenvalue weighted by atomic mass is 16.5. The summed E-state index contributed by atoms with van der Waals surface area (Å²) in [5, 5.41) is 9.66. The first-order valence-corrected chi connectivity index (χ1v) is 7.59. The number of Topliss-reactive ketones (excluding diaryl/α,β-unsaturated/α-hetero) is 1. The minimum atomic E-state index is 0.0258. The molecule has 0 saturated carbocycles. The number of benzene rings is 1. The number of carbonyl (C=O) groups excluding carboxylic acids is 1. The molecule has 1 N–H and O–H groups in total. The van der Waals surface area contributed by atoms with Crippen molar-refractivity contribution in [2.75, 3.05) is 7.11 Å². The smallest absolute Gasteiger partial charge is 0.163 e. The van der Waals surface area contributed by atoms with Crippen LogP contribution < -0.4 is 4.74 Å². The normalized spacial score (nSPS) is 10.5. The minimum Gasteiger partial charge on any atom is -0.504 e. The summed E-state index contributed by atoms with van der Waals surface area (Å²) in [6, 6.07) is 4.83. The van der Waals surface area contributed by atoms with Crippen LogP contribution in [0.2, 0.25) is 0 Å². The lowest BCUT2D eigenvalue weighted by atomic mass is 10.0. The molecule has 0 saturated heterocycles. The number of phenols is 1. The lowest BCUT2D eigenvalue weighted by molar-refractivity contribution is 0.0978. The van der Waals surface area contributed by atoms with E-state index in [2.05, 4.69) is 6.92 Å². The predicted molar refractivity (Wildman–Crippen MR) is 81.6 cm³/mol. The highest BCUT2D eigenvalue weighted by molar-refractivity contribution is 5.96. The quantitative estimate of drug-likeness (QED) is 0.497. The maximum Gasteiger partial charge on any atom is 0.163 e. The standard InChI is InChI=1S/C17H26O3/c1-3-4-5-6-7-8-9-10-15(18)14-11-12-17(20-2)16(19)13-14/h11-13,19H,3-10H2,1-2H3. The molecule has 0 fully saturated rings. The molecule has 1 aromatic rings. The Morgan fingerprint density at radius 3 is 2.35 bits per heavy atom. The van der Waals surface area contributed by atoms with Crippen LogP contribution >= 0.6 is 0 Å². The van der Waals surface area contributed by atoms with Gasteiger partial charge in [0.05, 0.1) is 7.11 Å². The summed E-state index contributed by atoms with van der Waals surface area (Å²) in [6.07, 6.45) is 8.95. The summed E-state index contributed by atoms with van der Waals surface area (Å²) in [6.45, 7) is 2.21. The van der Waals surface area contributed by atoms with Crippen LogP contribution in [0.5, 0.6) is 11.5 Å². The molecule has 0 unspecified atom stereocenters. The zero-order valence-corrected chi connectivity index (χ0v) is 12.7. The highest BCUT2D eigenvalue weighted by Crippen LogP contribution is 2.27. The van der Waals surface area contributed by atoms with Crippen LogP contribution in [0.4, 0.5) is 0 Å². The third kappa shape index (κ3) is 5.64. The van der Waals surface area contributed by atoms with Gasteiger partial charge in [-0.15, -0.1) is 0 Å². The van der Waals surface area contributed by atoms with Crippen LogP contribution in [-0.4, -0.2) is 18.0 Å². The second kappa shape index (κ2) is 9.40. The van der Waals surface area contributed by atoms with E-state index in [0.29, 0.717) is 17.7 Å². The van der Waals surface area contributed by atoms with E-state index in [1.807, 2.05) is 0 Å². The molecule has 0 bridgehead atoms. The van der Waals surface area contributed by atoms with Crippen molar-refractivity contribution in [2.24, 2.45) is 0 Å². The molecule has 0 radical (unpaired) electrons. The molecule has 1 aromatic carbocycles. The molecule has 3 nitrogen and oxygen atoms in total. The maximum atomic E-state index is 12.0. The van der Waals surface area contributed by atoms with E-state index < -0.39 is 0 Å². The molecule has 0 aliphatic carbocycles. The van der Waals surface area contributed by atoms with Gasteiger partial charge in [0.2, 0.25) is 0 Å². The number of aromatic hydroxyl groups is 1. The molecular formula is C17H26O3. The van der Waals surface area contributed by atoms with Gasteiger partial charge in [-0.1, -0.05) is 45.4 Å². The van der Waals surface area contributed by atoms with Crippen molar-refractivity contribution < 1.29 is 14.6 Å². The third-order valence-electron chi connectivity index (χ3n) is 3.51. The fourth-order valence-corrected chi connectivity index (χ4v) is 2.25. The third-order valence-corrected chi connectivity index (χ3v) is 3.51. The van der Waals surface area contributed by atoms with Crippen molar-refractivity contribution in [3.63, 3.8) is 0 Å². The maximum absolute atomic E-state index is 12.0. The van der Waals surface area contributed by atoms with E-state index in [1.54, 1.807) is 12.1 Å². The van der Waals surface area contributed by atoms with Gasteiger partial charge < -0.3 is 9.84 Å². The van der Waals surface area contributed by atoms with Crippen LogP contribution in [-0.2, 0) is 0 Å². The van der Waals surface area contributed by atoms with E-state index in [0.717, 1.165) is 12.8 Å². The predicted octanol–water partition coefficient (Wildman–Crippen LogP) is 4.72. The number of carbonyl (C=O) groups is 1. The highest BCUT2D eigenvalue weighted by Gasteiger charge is 2.09. The second-order valence-electron chi connectivity index (χ2n) is 5.18. The van der Waals surface area contributed by atoms with Gasteiger partial charge in [-0.05, 0) is 24.6 Å². The molecule has 0 amide bonds. The second-order valence-corrected chi connectivity index (χ2v) is 5.18. The van der Waals surface area contributed by atoms with Crippen molar-refractivity contribution in [2.45, 2.75) is 58.3 Å². The van der Waals surface area contributed by atoms with E-state index in [4.69, 9.17) is 4.74 Å². The monoisotopic (exact) mass is 278 g/mol. The SMILES string of the molecule is CCCCCCCCCC(=O)c1ccc(OC)c(O)c1. The number of hydrogen-bond donors (Lipinski definition) is 1. The zero-order chi connectivity index (χ0) is 14.8. The van der Waals surface area contributed by atoms with Gasteiger partial charge in [0.15, 0.2) is 17.3 Å². The Balaban J connectivity index is 2.27. The van der Waals surface area contributed by atoms with Crippen molar-refractivity contribution in [1.29, 1.82) is 0 Å². The number of ether oxygens (including phenoxy) is 1. The average molecular weight is 278 g/mol. The number of methoxy groups -OCH3 is 1. The van der Waals surface area contributed by atoms with Crippen LogP contribution in [0.3, 0.4) is 0 Å². The van der Waals surface area contributed by atoms with Crippen molar-refractivity contribution in [3.05, 3.63) is 23.8 Å². The zero-order valence-electron chi connectivity index (χ0n) is 12.7. The van der Waals surface area contributed by atoms with Crippen molar-refractivity contribution in [3.8, 4) is 11.5 Å². The minimum absolute atomic E-state index is 0.0258. The Hall–Kier alpha value is -1.51. The van der Waals surface area contributed by atoms with Gasteiger partial charge in [0, 0.05) is 12.0 Å². The van der Waals surface area contributed by atoms with Crippen LogP contribution in [0.1, 0.15) is 68.6 Å². The van der Waals surface area contributed by atoms with Crippen LogP contribution in [0.15, 0.2) is 18.2 Å². The van der Waals surface area contributed by atoms with Gasteiger partial charge in [-0.2, -0.15) is 0 Å². The molecule has 20 heavy (non-hydrogen) atoms. The summed E-state index contributed by atoms with van der Waals surface area (Å²) in [5.41, 5.74) is 0.564. The van der Waals surface area contributed by atoms with Gasteiger partial charge in [-0.3, -0.25) is 4.79 Å². The molecule has 0 atom stereocenters. The Bertz CT molecular complexity index is 413. The van der Waals surface area contributed by atoms with E-state index >= 15 is 0 Å². The van der Waals surface area contributed by atoms with Crippen LogP contribution in [0.25, 0.3) is 0 Å².